The van der Waals surface area contributed by atoms with Crippen molar-refractivity contribution in [3.63, 3.8) is 0 Å². The van der Waals surface area contributed by atoms with Crippen molar-refractivity contribution in [1.29, 1.82) is 0 Å². The average Bonchev–Trinajstić information content (AvgIpc) is 3.33. The third-order valence-corrected chi connectivity index (χ3v) is 5.25. The average molecular weight is 392 g/mol. The molecule has 1 aliphatic rings. The second kappa shape index (κ2) is 7.98. The van der Waals surface area contributed by atoms with Gasteiger partial charge in [0.05, 0.1) is 17.8 Å². The van der Waals surface area contributed by atoms with Crippen LogP contribution in [0.5, 0.6) is 0 Å². The van der Waals surface area contributed by atoms with Gasteiger partial charge < -0.3 is 10.2 Å². The van der Waals surface area contributed by atoms with Crippen LogP contribution < -0.4 is 5.32 Å². The molecule has 8 nitrogen and oxygen atoms in total. The lowest BCUT2D eigenvalue weighted by Gasteiger charge is -2.16. The number of pyridine rings is 2. The highest BCUT2D eigenvalue weighted by Gasteiger charge is 2.31. The van der Waals surface area contributed by atoms with Gasteiger partial charge >= 0.3 is 0 Å². The number of aryl methyl sites for hydroxylation is 1. The number of fused-ring (bicyclic) bond motifs is 1. The van der Waals surface area contributed by atoms with Gasteiger partial charge in [0, 0.05) is 55.9 Å². The molecule has 3 aromatic heterocycles. The summed E-state index contributed by atoms with van der Waals surface area (Å²) in [6, 6.07) is 7.61. The van der Waals surface area contributed by atoms with E-state index in [0.29, 0.717) is 31.7 Å². The molecule has 0 saturated carbocycles. The van der Waals surface area contributed by atoms with E-state index in [-0.39, 0.29) is 17.7 Å². The molecular weight excluding hydrogens is 368 g/mol. The summed E-state index contributed by atoms with van der Waals surface area (Å²) in [4.78, 5) is 34.5. The molecule has 150 valence electrons. The summed E-state index contributed by atoms with van der Waals surface area (Å²) in [6.07, 6.45) is 4.25. The Morgan fingerprint density at radius 1 is 1.24 bits per heavy atom. The lowest BCUT2D eigenvalue weighted by Crippen LogP contribution is -2.28. The fourth-order valence-corrected chi connectivity index (χ4v) is 3.77. The Morgan fingerprint density at radius 3 is 2.86 bits per heavy atom. The van der Waals surface area contributed by atoms with E-state index < -0.39 is 0 Å². The smallest absolute Gasteiger partial charge is 0.255 e. The molecule has 3 aromatic rings. The Balaban J connectivity index is 1.53. The van der Waals surface area contributed by atoms with Crippen LogP contribution in [0.3, 0.4) is 0 Å². The van der Waals surface area contributed by atoms with E-state index in [4.69, 9.17) is 5.10 Å². The highest BCUT2D eigenvalue weighted by Crippen LogP contribution is 2.31. The van der Waals surface area contributed by atoms with Gasteiger partial charge in [-0.3, -0.25) is 14.6 Å². The summed E-state index contributed by atoms with van der Waals surface area (Å²) in [5.74, 6) is 0.101. The van der Waals surface area contributed by atoms with Crippen molar-refractivity contribution < 1.29 is 9.59 Å². The van der Waals surface area contributed by atoms with Crippen LogP contribution >= 0.6 is 0 Å². The predicted molar refractivity (Wildman–Crippen MR) is 108 cm³/mol. The number of carbonyl (C=O) groups excluding carboxylic acids is 2. The second-order valence-electron chi connectivity index (χ2n) is 7.39. The molecule has 2 amide bonds. The van der Waals surface area contributed by atoms with Crippen molar-refractivity contribution in [3.05, 3.63) is 53.6 Å². The highest BCUT2D eigenvalue weighted by atomic mass is 16.2. The first-order valence-corrected chi connectivity index (χ1v) is 9.80. The topological polar surface area (TPSA) is 93.0 Å². The molecule has 0 radical (unpaired) electrons. The number of hydrogen-bond donors (Lipinski definition) is 1. The number of likely N-dealkylation sites (tertiary alicyclic amines) is 1. The van der Waals surface area contributed by atoms with E-state index >= 15 is 0 Å². The minimum Gasteiger partial charge on any atom is -0.354 e. The molecule has 1 saturated heterocycles. The van der Waals surface area contributed by atoms with Crippen molar-refractivity contribution in [1.82, 2.24) is 30.0 Å². The van der Waals surface area contributed by atoms with Crippen LogP contribution in [0.15, 0.2) is 36.7 Å². The summed E-state index contributed by atoms with van der Waals surface area (Å²) in [5.41, 5.74) is 3.28. The van der Waals surface area contributed by atoms with Gasteiger partial charge in [-0.15, -0.1) is 0 Å². The van der Waals surface area contributed by atoms with Crippen LogP contribution in [0.25, 0.3) is 11.0 Å². The van der Waals surface area contributed by atoms with Crippen LogP contribution in [-0.4, -0.2) is 56.1 Å². The minimum absolute atomic E-state index is 0.00696. The third kappa shape index (κ3) is 3.96. The molecule has 1 atom stereocenters. The van der Waals surface area contributed by atoms with Gasteiger partial charge in [0.1, 0.15) is 0 Å². The van der Waals surface area contributed by atoms with Crippen molar-refractivity contribution in [2.45, 2.75) is 32.7 Å². The molecule has 0 unspecified atom stereocenters. The van der Waals surface area contributed by atoms with E-state index in [1.165, 1.54) is 6.92 Å². The molecular formula is C21H24N6O2. The zero-order valence-corrected chi connectivity index (χ0v) is 16.6. The van der Waals surface area contributed by atoms with Gasteiger partial charge in [-0.2, -0.15) is 5.10 Å². The molecule has 4 heterocycles. The molecule has 1 fully saturated rings. The van der Waals surface area contributed by atoms with Gasteiger partial charge in [-0.1, -0.05) is 0 Å². The Kier molecular flexibility index (Phi) is 5.24. The summed E-state index contributed by atoms with van der Waals surface area (Å²) in [5, 5.41) is 8.60. The highest BCUT2D eigenvalue weighted by molar-refractivity contribution is 5.94. The van der Waals surface area contributed by atoms with E-state index in [2.05, 4.69) is 15.3 Å². The fraction of sp³-hybridized carbons (Fsp3) is 0.381. The van der Waals surface area contributed by atoms with Gasteiger partial charge in [0.2, 0.25) is 5.91 Å². The standard InChI is InChI=1S/C21H24N6O2/c1-14-5-6-16(12-24-14)21(29)26-10-7-17(13-26)19-18-4-3-8-23-20(18)27(25-19)11-9-22-15(2)28/h3-6,8,12,17H,7,9-11,13H2,1-2H3,(H,22,28)/t17-/m1/s1. The monoisotopic (exact) mass is 392 g/mol. The molecule has 0 bridgehead atoms. The first kappa shape index (κ1) is 19.0. The molecule has 8 heteroatoms. The van der Waals surface area contributed by atoms with Crippen molar-refractivity contribution >= 4 is 22.8 Å². The Hall–Kier alpha value is -3.29. The number of nitrogens with zero attached hydrogens (tertiary/aromatic N) is 5. The molecule has 0 aliphatic carbocycles. The van der Waals surface area contributed by atoms with Crippen LogP contribution in [0.2, 0.25) is 0 Å². The predicted octanol–water partition coefficient (Wildman–Crippen LogP) is 1.90. The second-order valence-corrected chi connectivity index (χ2v) is 7.39. The largest absolute Gasteiger partial charge is 0.354 e. The maximum atomic E-state index is 12.8. The van der Waals surface area contributed by atoms with Crippen LogP contribution in [-0.2, 0) is 11.3 Å². The summed E-state index contributed by atoms with van der Waals surface area (Å²) in [7, 11) is 0. The van der Waals surface area contributed by atoms with E-state index in [0.717, 1.165) is 28.8 Å². The van der Waals surface area contributed by atoms with Crippen molar-refractivity contribution in [2.75, 3.05) is 19.6 Å². The van der Waals surface area contributed by atoms with Crippen LogP contribution in [0, 0.1) is 6.92 Å². The number of carbonyl (C=O) groups is 2. The number of nitrogens with one attached hydrogen (secondary N) is 1. The number of rotatable bonds is 5. The van der Waals surface area contributed by atoms with Crippen LogP contribution in [0.1, 0.15) is 41.0 Å². The molecule has 4 rings (SSSR count). The maximum absolute atomic E-state index is 12.8. The third-order valence-electron chi connectivity index (χ3n) is 5.25. The Morgan fingerprint density at radius 2 is 2.10 bits per heavy atom. The van der Waals surface area contributed by atoms with Gasteiger partial charge in [0.25, 0.3) is 5.91 Å². The molecule has 1 N–H and O–H groups in total. The van der Waals surface area contributed by atoms with E-state index in [1.807, 2.05) is 40.8 Å². The summed E-state index contributed by atoms with van der Waals surface area (Å²) < 4.78 is 1.84. The molecule has 0 aromatic carbocycles. The minimum atomic E-state index is -0.0646. The van der Waals surface area contributed by atoms with Crippen LogP contribution in [0.4, 0.5) is 0 Å². The Labute approximate surface area is 168 Å². The normalized spacial score (nSPS) is 16.3. The first-order chi connectivity index (χ1) is 14.0. The number of aromatic nitrogens is 4. The van der Waals surface area contributed by atoms with Gasteiger partial charge in [-0.05, 0) is 37.6 Å². The summed E-state index contributed by atoms with van der Waals surface area (Å²) >= 11 is 0. The molecule has 29 heavy (non-hydrogen) atoms. The lowest BCUT2D eigenvalue weighted by molar-refractivity contribution is -0.118. The Bertz CT molecular complexity index is 1040. The zero-order valence-electron chi connectivity index (χ0n) is 16.6. The van der Waals surface area contributed by atoms with Crippen molar-refractivity contribution in [3.8, 4) is 0 Å². The first-order valence-electron chi connectivity index (χ1n) is 9.80. The van der Waals surface area contributed by atoms with Gasteiger partial charge in [0.15, 0.2) is 5.65 Å². The maximum Gasteiger partial charge on any atom is 0.255 e. The van der Waals surface area contributed by atoms with Crippen molar-refractivity contribution in [2.24, 2.45) is 0 Å². The van der Waals surface area contributed by atoms with Gasteiger partial charge in [-0.25, -0.2) is 9.67 Å². The number of hydrogen-bond acceptors (Lipinski definition) is 5. The molecule has 1 aliphatic heterocycles. The molecule has 0 spiro atoms. The quantitative estimate of drug-likeness (QED) is 0.716. The number of amides is 2. The van der Waals surface area contributed by atoms with E-state index in [9.17, 15) is 9.59 Å². The summed E-state index contributed by atoms with van der Waals surface area (Å²) in [6.45, 7) is 5.77. The van der Waals surface area contributed by atoms with E-state index in [1.54, 1.807) is 12.4 Å². The lowest BCUT2D eigenvalue weighted by atomic mass is 10.0. The fourth-order valence-electron chi connectivity index (χ4n) is 3.77. The SMILES string of the molecule is CC(=O)NCCn1nc([C@@H]2CCN(C(=O)c3ccc(C)nc3)C2)c2cccnc21. The zero-order chi connectivity index (χ0) is 20.4.